The molecule has 0 fully saturated rings. The minimum atomic E-state index is 0.333. The molecule has 0 amide bonds. The number of hydrogen-bond acceptors (Lipinski definition) is 2. The maximum Gasteiger partial charge on any atom is 0.101 e. The Labute approximate surface area is 68.3 Å². The van der Waals surface area contributed by atoms with Gasteiger partial charge in [-0.2, -0.15) is 0 Å². The number of rotatable bonds is 1. The molecule has 0 bridgehead atoms. The van der Waals surface area contributed by atoms with E-state index in [0.29, 0.717) is 15.7 Å². The highest BCUT2D eigenvalue weighted by atomic mass is 35.5. The van der Waals surface area contributed by atoms with Gasteiger partial charge < -0.3 is 5.41 Å². The highest BCUT2D eigenvalue weighted by Gasteiger charge is 2.00. The van der Waals surface area contributed by atoms with Gasteiger partial charge in [-0.25, -0.2) is 0 Å². The van der Waals surface area contributed by atoms with Crippen molar-refractivity contribution in [2.45, 2.75) is 0 Å². The third-order valence-electron chi connectivity index (χ3n) is 1.01. The van der Waals surface area contributed by atoms with E-state index in [1.54, 1.807) is 6.07 Å². The molecule has 0 saturated carbocycles. The first kappa shape index (κ1) is 7.51. The predicted octanol–water partition coefficient (Wildman–Crippen LogP) is 2.39. The Morgan fingerprint density at radius 2 is 2.20 bits per heavy atom. The predicted molar refractivity (Wildman–Crippen MR) is 42.1 cm³/mol. The van der Waals surface area contributed by atoms with Crippen molar-refractivity contribution in [2.75, 3.05) is 0 Å². The Hall–Kier alpha value is -0.600. The van der Waals surface area contributed by atoms with Crippen LogP contribution in [0.25, 0.3) is 0 Å². The summed E-state index contributed by atoms with van der Waals surface area (Å²) in [6.07, 6.45) is 2.57. The van der Waals surface area contributed by atoms with Crippen LogP contribution in [0.3, 0.4) is 0 Å². The first-order valence-corrected chi connectivity index (χ1v) is 3.32. The molecule has 0 atom stereocenters. The smallest absolute Gasteiger partial charge is 0.101 e. The Kier molecular flexibility index (Phi) is 2.25. The maximum absolute atomic E-state index is 6.85. The van der Waals surface area contributed by atoms with E-state index >= 15 is 0 Å². The Morgan fingerprint density at radius 3 is 2.70 bits per heavy atom. The third-order valence-corrected chi connectivity index (χ3v) is 1.81. The van der Waals surface area contributed by atoms with Crippen LogP contribution in [0, 0.1) is 5.41 Å². The van der Waals surface area contributed by atoms with Crippen LogP contribution in [0.2, 0.25) is 10.0 Å². The van der Waals surface area contributed by atoms with Crippen LogP contribution < -0.4 is 0 Å². The lowest BCUT2D eigenvalue weighted by atomic mass is 10.4. The van der Waals surface area contributed by atoms with Crippen LogP contribution in [0.4, 0.5) is 0 Å². The van der Waals surface area contributed by atoms with Gasteiger partial charge in [-0.05, 0) is 6.07 Å². The number of aromatic nitrogens is 1. The fourth-order valence-corrected chi connectivity index (χ4v) is 0.855. The summed E-state index contributed by atoms with van der Waals surface area (Å²) in [6, 6.07) is 1.58. The monoisotopic (exact) mass is 174 g/mol. The van der Waals surface area contributed by atoms with E-state index in [1.807, 2.05) is 0 Å². The van der Waals surface area contributed by atoms with Gasteiger partial charge in [-0.3, -0.25) is 4.98 Å². The molecule has 2 nitrogen and oxygen atoms in total. The average molecular weight is 175 g/mol. The van der Waals surface area contributed by atoms with Gasteiger partial charge in [0.15, 0.2) is 0 Å². The van der Waals surface area contributed by atoms with Crippen LogP contribution in [-0.4, -0.2) is 11.2 Å². The van der Waals surface area contributed by atoms with Crippen LogP contribution >= 0.6 is 23.2 Å². The summed E-state index contributed by atoms with van der Waals surface area (Å²) in [6.45, 7) is 0. The summed E-state index contributed by atoms with van der Waals surface area (Å²) >= 11 is 11.3. The largest absolute Gasteiger partial charge is 0.306 e. The lowest BCUT2D eigenvalue weighted by Crippen LogP contribution is -1.86. The second-order valence-electron chi connectivity index (χ2n) is 1.64. The van der Waals surface area contributed by atoms with E-state index in [1.165, 1.54) is 6.20 Å². The van der Waals surface area contributed by atoms with Gasteiger partial charge in [0, 0.05) is 12.4 Å². The third kappa shape index (κ3) is 1.28. The lowest BCUT2D eigenvalue weighted by Gasteiger charge is -1.95. The Balaban J connectivity index is 3.27. The molecule has 0 aromatic carbocycles. The topological polar surface area (TPSA) is 36.7 Å². The quantitative estimate of drug-likeness (QED) is 0.653. The summed E-state index contributed by atoms with van der Waals surface area (Å²) in [5.41, 5.74) is 0.397. The molecule has 0 unspecified atom stereocenters. The molecule has 0 aliphatic carbocycles. The zero-order chi connectivity index (χ0) is 7.56. The van der Waals surface area contributed by atoms with Crippen molar-refractivity contribution in [1.29, 1.82) is 5.41 Å². The highest BCUT2D eigenvalue weighted by molar-refractivity contribution is 6.43. The SMILES string of the molecule is N=Cc1nccc(Cl)c1Cl. The van der Waals surface area contributed by atoms with Gasteiger partial charge in [-0.1, -0.05) is 23.2 Å². The van der Waals surface area contributed by atoms with Crippen LogP contribution in [0.15, 0.2) is 12.3 Å². The molecule has 1 aromatic heterocycles. The molecule has 52 valence electrons. The maximum atomic E-state index is 6.85. The standard InChI is InChI=1S/C6H4Cl2N2/c7-4-1-2-10-5(3-9)6(4)8/h1-3,9H. The number of nitrogens with one attached hydrogen (secondary N) is 1. The van der Waals surface area contributed by atoms with Crippen LogP contribution in [0.1, 0.15) is 5.69 Å². The number of nitrogens with zero attached hydrogens (tertiary/aromatic N) is 1. The van der Waals surface area contributed by atoms with Crippen LogP contribution in [-0.2, 0) is 0 Å². The van der Waals surface area contributed by atoms with E-state index in [4.69, 9.17) is 28.6 Å². The van der Waals surface area contributed by atoms with Gasteiger partial charge in [0.2, 0.25) is 0 Å². The number of pyridine rings is 1. The van der Waals surface area contributed by atoms with E-state index in [-0.39, 0.29) is 0 Å². The summed E-state index contributed by atoms with van der Waals surface area (Å²) in [5.74, 6) is 0. The highest BCUT2D eigenvalue weighted by Crippen LogP contribution is 2.21. The first-order chi connectivity index (χ1) is 4.75. The summed E-state index contributed by atoms with van der Waals surface area (Å²) in [5, 5.41) is 7.61. The summed E-state index contributed by atoms with van der Waals surface area (Å²) in [7, 11) is 0. The molecule has 4 heteroatoms. The fourth-order valence-electron chi connectivity index (χ4n) is 0.536. The lowest BCUT2D eigenvalue weighted by molar-refractivity contribution is 1.29. The van der Waals surface area contributed by atoms with Crippen molar-refractivity contribution in [3.63, 3.8) is 0 Å². The minimum Gasteiger partial charge on any atom is -0.306 e. The fraction of sp³-hybridized carbons (Fsp3) is 0. The summed E-state index contributed by atoms with van der Waals surface area (Å²) < 4.78 is 0. The zero-order valence-corrected chi connectivity index (χ0v) is 6.45. The molecule has 1 aromatic rings. The van der Waals surface area contributed by atoms with Gasteiger partial charge in [-0.15, -0.1) is 0 Å². The molecule has 0 aliphatic heterocycles. The molecular weight excluding hydrogens is 171 g/mol. The molecule has 10 heavy (non-hydrogen) atoms. The first-order valence-electron chi connectivity index (χ1n) is 2.56. The van der Waals surface area contributed by atoms with Gasteiger partial charge >= 0.3 is 0 Å². The normalized spacial score (nSPS) is 9.40. The molecule has 0 saturated heterocycles. The van der Waals surface area contributed by atoms with E-state index in [0.717, 1.165) is 6.21 Å². The second kappa shape index (κ2) is 2.99. The van der Waals surface area contributed by atoms with Crippen LogP contribution in [0.5, 0.6) is 0 Å². The van der Waals surface area contributed by atoms with Crippen molar-refractivity contribution in [3.8, 4) is 0 Å². The summed E-state index contributed by atoms with van der Waals surface area (Å²) in [4.78, 5) is 3.80. The molecular formula is C6H4Cl2N2. The van der Waals surface area contributed by atoms with E-state index < -0.39 is 0 Å². The zero-order valence-electron chi connectivity index (χ0n) is 4.94. The van der Waals surface area contributed by atoms with Crippen molar-refractivity contribution in [3.05, 3.63) is 28.0 Å². The van der Waals surface area contributed by atoms with Crippen molar-refractivity contribution >= 4 is 29.4 Å². The van der Waals surface area contributed by atoms with E-state index in [9.17, 15) is 0 Å². The molecule has 1 N–H and O–H groups in total. The van der Waals surface area contributed by atoms with E-state index in [2.05, 4.69) is 4.98 Å². The Bertz CT molecular complexity index is 260. The van der Waals surface area contributed by atoms with Gasteiger partial charge in [0.05, 0.1) is 10.0 Å². The minimum absolute atomic E-state index is 0.333. The molecule has 0 aliphatic rings. The second-order valence-corrected chi connectivity index (χ2v) is 2.42. The Morgan fingerprint density at radius 1 is 1.50 bits per heavy atom. The van der Waals surface area contributed by atoms with Gasteiger partial charge in [0.1, 0.15) is 5.69 Å². The average Bonchev–Trinajstić information content (AvgIpc) is 1.95. The van der Waals surface area contributed by atoms with Crippen molar-refractivity contribution in [1.82, 2.24) is 4.98 Å². The van der Waals surface area contributed by atoms with Crippen molar-refractivity contribution < 1.29 is 0 Å². The molecule has 0 radical (unpaired) electrons. The molecule has 0 spiro atoms. The van der Waals surface area contributed by atoms with Crippen molar-refractivity contribution in [2.24, 2.45) is 0 Å². The number of halogens is 2. The van der Waals surface area contributed by atoms with Gasteiger partial charge in [0.25, 0.3) is 0 Å². The molecule has 1 rings (SSSR count). The number of hydrogen-bond donors (Lipinski definition) is 1. The molecule has 1 heterocycles.